The highest BCUT2D eigenvalue weighted by molar-refractivity contribution is 7.89. The molecule has 0 radical (unpaired) electrons. The van der Waals surface area contributed by atoms with Crippen molar-refractivity contribution in [2.45, 2.75) is 12.4 Å². The van der Waals surface area contributed by atoms with Crippen molar-refractivity contribution in [2.75, 3.05) is 12.5 Å². The molecule has 25 heteroatoms. The van der Waals surface area contributed by atoms with Crippen LogP contribution in [0.4, 0.5) is 37.7 Å². The zero-order valence-electron chi connectivity index (χ0n) is 27.0. The topological polar surface area (TPSA) is 222 Å². The molecule has 4 rings (SSSR count). The fraction of sp³-hybridized carbons (Fsp3) is 0.133. The Hall–Kier alpha value is -5.52. The van der Waals surface area contributed by atoms with E-state index in [1.807, 2.05) is 0 Å². The number of hydrogen-bond acceptors (Lipinski definition) is 11. The molecule has 55 heavy (non-hydrogen) atoms. The maximum absolute atomic E-state index is 13.6. The Labute approximate surface area is 314 Å². The van der Waals surface area contributed by atoms with Crippen LogP contribution in [0.15, 0.2) is 60.7 Å². The molecule has 4 aromatic carbocycles. The third kappa shape index (κ3) is 9.59. The smallest absolute Gasteiger partial charge is 0.416 e. The Morgan fingerprint density at radius 1 is 0.636 bits per heavy atom. The fourth-order valence-corrected chi connectivity index (χ4v) is 6.39. The highest BCUT2D eigenvalue weighted by Gasteiger charge is 2.37. The number of sulfonamides is 2. The summed E-state index contributed by atoms with van der Waals surface area (Å²) in [5.41, 5.74) is -10.4. The molecule has 0 spiro atoms. The monoisotopic (exact) mass is 858 g/mol. The molecular weight excluding hydrogens is 841 g/mol. The van der Waals surface area contributed by atoms with Crippen molar-refractivity contribution in [3.8, 4) is 33.8 Å². The molecule has 0 saturated carbocycles. The molecule has 2 amide bonds. The Morgan fingerprint density at radius 2 is 0.964 bits per heavy atom. The molecule has 0 saturated heterocycles. The quantitative estimate of drug-likeness (QED) is 0.0911. The lowest BCUT2D eigenvalue weighted by molar-refractivity contribution is -0.385. The molecule has 2 N–H and O–H groups in total. The maximum Gasteiger partial charge on any atom is 0.416 e. The van der Waals surface area contributed by atoms with Gasteiger partial charge in [-0.05, 0) is 36.4 Å². The normalized spacial score (nSPS) is 12.2. The van der Waals surface area contributed by atoms with Crippen LogP contribution in [0.5, 0.6) is 11.5 Å². The first kappa shape index (κ1) is 42.2. The summed E-state index contributed by atoms with van der Waals surface area (Å²) in [6.07, 6.45) is -9.06. The van der Waals surface area contributed by atoms with E-state index in [1.54, 1.807) is 0 Å². The molecule has 0 bridgehead atoms. The second-order valence-electron chi connectivity index (χ2n) is 11.1. The number of alkyl halides is 6. The van der Waals surface area contributed by atoms with Gasteiger partial charge in [0.1, 0.15) is 22.6 Å². The second-order valence-corrected chi connectivity index (χ2v) is 15.4. The van der Waals surface area contributed by atoms with Gasteiger partial charge in [0.05, 0.1) is 33.5 Å². The molecule has 0 heterocycles. The van der Waals surface area contributed by atoms with Crippen molar-refractivity contribution >= 4 is 66.4 Å². The number of benzene rings is 4. The Kier molecular flexibility index (Phi) is 11.5. The summed E-state index contributed by atoms with van der Waals surface area (Å²) in [5.74, 6) is -5.13. The number of nitro benzene ring substituents is 2. The number of nitrogens with one attached hydrogen (secondary N) is 2. The van der Waals surface area contributed by atoms with Crippen molar-refractivity contribution in [3.05, 3.63) is 113 Å². The van der Waals surface area contributed by atoms with Gasteiger partial charge in [0.15, 0.2) is 0 Å². The minimum atomic E-state index is -5.00. The third-order valence-corrected chi connectivity index (χ3v) is 8.78. The van der Waals surface area contributed by atoms with Gasteiger partial charge in [-0.3, -0.25) is 29.8 Å². The van der Waals surface area contributed by atoms with E-state index in [2.05, 4.69) is 0 Å². The van der Waals surface area contributed by atoms with Crippen LogP contribution in [0.2, 0.25) is 10.0 Å². The van der Waals surface area contributed by atoms with Crippen LogP contribution in [-0.4, -0.2) is 51.0 Å². The number of hydrogen-bond donors (Lipinski definition) is 2. The van der Waals surface area contributed by atoms with E-state index in [-0.39, 0.29) is 0 Å². The van der Waals surface area contributed by atoms with E-state index in [1.165, 1.54) is 9.44 Å². The lowest BCUT2D eigenvalue weighted by Crippen LogP contribution is -2.30. The molecule has 0 fully saturated rings. The number of amides is 2. The van der Waals surface area contributed by atoms with E-state index in [0.29, 0.717) is 73.2 Å². The van der Waals surface area contributed by atoms with Gasteiger partial charge in [-0.2, -0.15) is 26.3 Å². The summed E-state index contributed by atoms with van der Waals surface area (Å²) in [4.78, 5) is 48.7. The molecule has 0 aliphatic carbocycles. The van der Waals surface area contributed by atoms with Crippen LogP contribution in [-0.2, 0) is 32.4 Å². The lowest BCUT2D eigenvalue weighted by Gasteiger charge is -2.21. The van der Waals surface area contributed by atoms with Crippen LogP contribution < -0.4 is 14.2 Å². The molecule has 0 atom stereocenters. The van der Waals surface area contributed by atoms with Gasteiger partial charge in [-0.1, -0.05) is 35.3 Å². The summed E-state index contributed by atoms with van der Waals surface area (Å²) < 4.78 is 138. The average molecular weight is 860 g/mol. The summed E-state index contributed by atoms with van der Waals surface area (Å²) in [6, 6.07) is 5.36. The van der Waals surface area contributed by atoms with Crippen LogP contribution in [0.25, 0.3) is 22.3 Å². The fourth-order valence-electron chi connectivity index (χ4n) is 4.96. The average Bonchev–Trinajstić information content (AvgIpc) is 3.01. The summed E-state index contributed by atoms with van der Waals surface area (Å²) >= 11 is 12.4. The largest absolute Gasteiger partial charge is 0.456 e. The van der Waals surface area contributed by atoms with E-state index in [9.17, 15) is 73.0 Å². The third-order valence-electron chi connectivity index (χ3n) is 7.05. The lowest BCUT2D eigenvalue weighted by atomic mass is 9.94. The van der Waals surface area contributed by atoms with Crippen LogP contribution in [0.3, 0.4) is 0 Å². The molecule has 15 nitrogen and oxygen atoms in total. The molecule has 0 aliphatic heterocycles. The number of carbonyl (C=O) groups excluding carboxylic acids is 2. The zero-order valence-corrected chi connectivity index (χ0v) is 30.1. The number of carbonyl (C=O) groups is 2. The predicted octanol–water partition coefficient (Wildman–Crippen LogP) is 7.35. The van der Waals surface area contributed by atoms with Crippen molar-refractivity contribution in [1.82, 2.24) is 9.44 Å². The minimum absolute atomic E-state index is 0.338. The van der Waals surface area contributed by atoms with Crippen LogP contribution in [0.1, 0.15) is 31.8 Å². The Bertz CT molecular complexity index is 2360. The molecule has 4 aromatic rings. The van der Waals surface area contributed by atoms with Gasteiger partial charge in [0, 0.05) is 44.4 Å². The number of halogens is 8. The molecule has 0 aliphatic rings. The standard InChI is InChI=1S/C30H18Cl2F6N4O11S2/c1-54(49,50)39-27(43)25-19(41(45)46)7-9-21(23(25)15-5-3-13(11-17(15)31)29(33,34)35)53-22-10-8-20(42(47)48)26(28(44)40-55(2,51)52)24(22)16-6-4-14(12-18(16)32)30(36,37)38/h3-12H,1-2H3,(H,39,43)(H,40,44). The first-order valence-corrected chi connectivity index (χ1v) is 18.7. The number of nitro groups is 2. The predicted molar refractivity (Wildman–Crippen MR) is 182 cm³/mol. The van der Waals surface area contributed by atoms with E-state index >= 15 is 0 Å². The van der Waals surface area contributed by atoms with Gasteiger partial charge in [-0.15, -0.1) is 0 Å². The number of ether oxygens (including phenoxy) is 1. The highest BCUT2D eigenvalue weighted by Crippen LogP contribution is 2.49. The van der Waals surface area contributed by atoms with E-state index in [0.717, 1.165) is 0 Å². The second kappa shape index (κ2) is 15.0. The van der Waals surface area contributed by atoms with Crippen molar-refractivity contribution in [3.63, 3.8) is 0 Å². The van der Waals surface area contributed by atoms with Crippen molar-refractivity contribution in [2.24, 2.45) is 0 Å². The SMILES string of the molecule is CS(=O)(=O)NC(=O)c1c([N+](=O)[O-])ccc(Oc2ccc([N+](=O)[O-])c(C(=O)NS(C)(=O)=O)c2-c2ccc(C(F)(F)F)cc2Cl)c1-c1ccc(C(F)(F)F)cc1Cl. The van der Waals surface area contributed by atoms with E-state index < -0.39 is 131 Å². The van der Waals surface area contributed by atoms with Gasteiger partial charge in [0.2, 0.25) is 20.0 Å². The Balaban J connectivity index is 2.20. The first-order valence-electron chi connectivity index (χ1n) is 14.2. The summed E-state index contributed by atoms with van der Waals surface area (Å²) in [7, 11) is -9.04. The van der Waals surface area contributed by atoms with Crippen LogP contribution in [0, 0.1) is 20.2 Å². The summed E-state index contributed by atoms with van der Waals surface area (Å²) in [6.45, 7) is 0. The van der Waals surface area contributed by atoms with Gasteiger partial charge in [-0.25, -0.2) is 26.3 Å². The minimum Gasteiger partial charge on any atom is -0.456 e. The zero-order chi connectivity index (χ0) is 41.6. The number of rotatable bonds is 10. The van der Waals surface area contributed by atoms with Gasteiger partial charge in [0.25, 0.3) is 23.2 Å². The molecule has 292 valence electrons. The molecule has 0 unspecified atom stereocenters. The van der Waals surface area contributed by atoms with Crippen LogP contribution >= 0.6 is 23.2 Å². The molecule has 0 aromatic heterocycles. The number of nitrogens with zero attached hydrogens (tertiary/aromatic N) is 2. The first-order chi connectivity index (χ1) is 25.1. The maximum atomic E-state index is 13.6. The summed E-state index contributed by atoms with van der Waals surface area (Å²) in [5, 5.41) is 22.6. The highest BCUT2D eigenvalue weighted by atomic mass is 35.5. The molecular formula is C30H18Cl2F6N4O11S2. The van der Waals surface area contributed by atoms with Gasteiger partial charge >= 0.3 is 12.4 Å². The van der Waals surface area contributed by atoms with Gasteiger partial charge < -0.3 is 4.74 Å². The van der Waals surface area contributed by atoms with Crippen molar-refractivity contribution < 1.29 is 67.4 Å². The van der Waals surface area contributed by atoms with E-state index in [4.69, 9.17) is 27.9 Å². The Morgan fingerprint density at radius 3 is 1.22 bits per heavy atom. The van der Waals surface area contributed by atoms with Crippen molar-refractivity contribution in [1.29, 1.82) is 0 Å².